The first-order valence-electron chi connectivity index (χ1n) is 3.15. The standard InChI is InChI=1S/C6H12FN/c1-5-4-8-3-2-6(5)7/h5-6,8H,2-4H2,1H3/t5-,6+/m1/s1. The molecule has 8 heavy (non-hydrogen) atoms. The predicted molar refractivity (Wildman–Crippen MR) is 31.5 cm³/mol. The predicted octanol–water partition coefficient (Wildman–Crippen LogP) is 0.954. The summed E-state index contributed by atoms with van der Waals surface area (Å²) in [6.07, 6.45) is 0.137. The molecule has 0 spiro atoms. The van der Waals surface area contributed by atoms with Crippen molar-refractivity contribution in [1.82, 2.24) is 5.32 Å². The topological polar surface area (TPSA) is 12.0 Å². The number of piperidine rings is 1. The Morgan fingerprint density at radius 3 is 2.75 bits per heavy atom. The molecule has 0 radical (unpaired) electrons. The molecule has 2 heteroatoms. The van der Waals surface area contributed by atoms with E-state index in [-0.39, 0.29) is 5.92 Å². The van der Waals surface area contributed by atoms with Crippen LogP contribution in [0.15, 0.2) is 0 Å². The van der Waals surface area contributed by atoms with Crippen LogP contribution in [0.4, 0.5) is 4.39 Å². The molecule has 0 aromatic heterocycles. The van der Waals surface area contributed by atoms with Crippen LogP contribution in [0, 0.1) is 5.92 Å². The second-order valence-corrected chi connectivity index (χ2v) is 2.49. The monoisotopic (exact) mass is 117 g/mol. The zero-order valence-corrected chi connectivity index (χ0v) is 5.15. The molecule has 1 rings (SSSR count). The maximum absolute atomic E-state index is 12.5. The number of nitrogens with one attached hydrogen (secondary N) is 1. The van der Waals surface area contributed by atoms with Crippen LogP contribution in [-0.2, 0) is 0 Å². The number of halogens is 1. The van der Waals surface area contributed by atoms with Crippen LogP contribution in [0.2, 0.25) is 0 Å². The molecule has 0 aromatic rings. The summed E-state index contributed by atoms with van der Waals surface area (Å²) in [4.78, 5) is 0. The summed E-state index contributed by atoms with van der Waals surface area (Å²) >= 11 is 0. The molecule has 1 fully saturated rings. The molecular weight excluding hydrogens is 105 g/mol. The SMILES string of the molecule is C[C@@H]1CNCC[C@@H]1F. The highest BCUT2D eigenvalue weighted by Gasteiger charge is 2.18. The van der Waals surface area contributed by atoms with Crippen molar-refractivity contribution in [2.45, 2.75) is 19.5 Å². The molecule has 1 N–H and O–H groups in total. The Bertz CT molecular complexity index is 64.9. The van der Waals surface area contributed by atoms with Gasteiger partial charge < -0.3 is 5.32 Å². The van der Waals surface area contributed by atoms with Gasteiger partial charge in [0.15, 0.2) is 0 Å². The Kier molecular flexibility index (Phi) is 1.84. The van der Waals surface area contributed by atoms with Gasteiger partial charge in [-0.25, -0.2) is 4.39 Å². The highest BCUT2D eigenvalue weighted by molar-refractivity contribution is 4.73. The number of hydrogen-bond donors (Lipinski definition) is 1. The third kappa shape index (κ3) is 1.19. The Morgan fingerprint density at radius 2 is 2.38 bits per heavy atom. The van der Waals surface area contributed by atoms with Gasteiger partial charge in [-0.3, -0.25) is 0 Å². The molecule has 0 unspecified atom stereocenters. The lowest BCUT2D eigenvalue weighted by atomic mass is 10.0. The van der Waals surface area contributed by atoms with Crippen LogP contribution >= 0.6 is 0 Å². The molecule has 1 heterocycles. The number of hydrogen-bond acceptors (Lipinski definition) is 1. The van der Waals surface area contributed by atoms with Gasteiger partial charge in [0, 0.05) is 6.54 Å². The van der Waals surface area contributed by atoms with E-state index in [2.05, 4.69) is 5.32 Å². The molecule has 0 bridgehead atoms. The molecule has 0 saturated carbocycles. The largest absolute Gasteiger partial charge is 0.316 e. The van der Waals surface area contributed by atoms with E-state index < -0.39 is 6.17 Å². The lowest BCUT2D eigenvalue weighted by molar-refractivity contribution is 0.192. The molecule has 1 saturated heterocycles. The van der Waals surface area contributed by atoms with Crippen LogP contribution in [0.5, 0.6) is 0 Å². The fourth-order valence-electron chi connectivity index (χ4n) is 0.982. The minimum atomic E-state index is -0.559. The van der Waals surface area contributed by atoms with E-state index in [4.69, 9.17) is 0 Å². The summed E-state index contributed by atoms with van der Waals surface area (Å²) in [5.74, 6) is 0.226. The number of rotatable bonds is 0. The van der Waals surface area contributed by atoms with Gasteiger partial charge in [-0.15, -0.1) is 0 Å². The molecule has 1 aliphatic rings. The smallest absolute Gasteiger partial charge is 0.105 e. The normalized spacial score (nSPS) is 39.8. The maximum atomic E-state index is 12.5. The number of alkyl halides is 1. The van der Waals surface area contributed by atoms with Crippen molar-refractivity contribution < 1.29 is 4.39 Å². The van der Waals surface area contributed by atoms with Crippen LogP contribution in [-0.4, -0.2) is 19.3 Å². The van der Waals surface area contributed by atoms with Gasteiger partial charge in [0.25, 0.3) is 0 Å². The van der Waals surface area contributed by atoms with Gasteiger partial charge in [0.2, 0.25) is 0 Å². The lowest BCUT2D eigenvalue weighted by Crippen LogP contribution is -2.35. The summed E-state index contributed by atoms with van der Waals surface area (Å²) in [6, 6.07) is 0. The second kappa shape index (κ2) is 2.44. The Morgan fingerprint density at radius 1 is 1.62 bits per heavy atom. The molecule has 0 amide bonds. The van der Waals surface area contributed by atoms with E-state index in [1.165, 1.54) is 0 Å². The second-order valence-electron chi connectivity index (χ2n) is 2.49. The Balaban J connectivity index is 2.28. The first-order chi connectivity index (χ1) is 3.80. The van der Waals surface area contributed by atoms with Crippen molar-refractivity contribution in [1.29, 1.82) is 0 Å². The summed E-state index contributed by atoms with van der Waals surface area (Å²) in [5, 5.41) is 3.12. The highest BCUT2D eigenvalue weighted by atomic mass is 19.1. The van der Waals surface area contributed by atoms with Gasteiger partial charge in [-0.05, 0) is 18.9 Å². The Hall–Kier alpha value is -0.110. The molecule has 0 aliphatic carbocycles. The van der Waals surface area contributed by atoms with E-state index in [1.54, 1.807) is 0 Å². The molecule has 2 atom stereocenters. The summed E-state index contributed by atoms with van der Waals surface area (Å²) < 4.78 is 12.5. The van der Waals surface area contributed by atoms with E-state index >= 15 is 0 Å². The van der Waals surface area contributed by atoms with Crippen molar-refractivity contribution in [2.75, 3.05) is 13.1 Å². The van der Waals surface area contributed by atoms with Gasteiger partial charge in [-0.1, -0.05) is 6.92 Å². The average molecular weight is 117 g/mol. The molecule has 48 valence electrons. The van der Waals surface area contributed by atoms with Gasteiger partial charge >= 0.3 is 0 Å². The highest BCUT2D eigenvalue weighted by Crippen LogP contribution is 2.12. The van der Waals surface area contributed by atoms with Crippen molar-refractivity contribution in [3.63, 3.8) is 0 Å². The van der Waals surface area contributed by atoms with Crippen molar-refractivity contribution in [2.24, 2.45) is 5.92 Å². The first-order valence-corrected chi connectivity index (χ1v) is 3.15. The summed E-state index contributed by atoms with van der Waals surface area (Å²) in [6.45, 7) is 3.64. The molecular formula is C6H12FN. The van der Waals surface area contributed by atoms with Crippen LogP contribution in [0.25, 0.3) is 0 Å². The van der Waals surface area contributed by atoms with E-state index in [0.29, 0.717) is 6.42 Å². The average Bonchev–Trinajstić information content (AvgIpc) is 1.77. The third-order valence-electron chi connectivity index (χ3n) is 1.68. The molecule has 1 aliphatic heterocycles. The van der Waals surface area contributed by atoms with Crippen LogP contribution in [0.1, 0.15) is 13.3 Å². The van der Waals surface area contributed by atoms with Crippen LogP contribution in [0.3, 0.4) is 0 Å². The fourth-order valence-corrected chi connectivity index (χ4v) is 0.982. The zero-order chi connectivity index (χ0) is 5.98. The fraction of sp³-hybridized carbons (Fsp3) is 1.00. The Labute approximate surface area is 49.3 Å². The summed E-state index contributed by atoms with van der Waals surface area (Å²) in [5.41, 5.74) is 0. The maximum Gasteiger partial charge on any atom is 0.105 e. The van der Waals surface area contributed by atoms with Gasteiger partial charge in [-0.2, -0.15) is 0 Å². The third-order valence-corrected chi connectivity index (χ3v) is 1.68. The zero-order valence-electron chi connectivity index (χ0n) is 5.15. The van der Waals surface area contributed by atoms with Crippen molar-refractivity contribution in [3.8, 4) is 0 Å². The van der Waals surface area contributed by atoms with Crippen molar-refractivity contribution in [3.05, 3.63) is 0 Å². The minimum Gasteiger partial charge on any atom is -0.316 e. The molecule has 1 nitrogen and oxygen atoms in total. The van der Waals surface area contributed by atoms with Gasteiger partial charge in [0.05, 0.1) is 0 Å². The van der Waals surface area contributed by atoms with Gasteiger partial charge in [0.1, 0.15) is 6.17 Å². The van der Waals surface area contributed by atoms with Crippen LogP contribution < -0.4 is 5.32 Å². The summed E-state index contributed by atoms with van der Waals surface area (Å²) in [7, 11) is 0. The minimum absolute atomic E-state index is 0.226. The van der Waals surface area contributed by atoms with E-state index in [0.717, 1.165) is 13.1 Å². The molecule has 0 aromatic carbocycles. The quantitative estimate of drug-likeness (QED) is 0.498. The first kappa shape index (κ1) is 6.02. The lowest BCUT2D eigenvalue weighted by Gasteiger charge is -2.22. The van der Waals surface area contributed by atoms with Crippen molar-refractivity contribution >= 4 is 0 Å². The van der Waals surface area contributed by atoms with E-state index in [1.807, 2.05) is 6.92 Å². The van der Waals surface area contributed by atoms with E-state index in [9.17, 15) is 4.39 Å².